The topological polar surface area (TPSA) is 130 Å². The third-order valence-electron chi connectivity index (χ3n) is 8.43. The first-order valence-corrected chi connectivity index (χ1v) is 18.2. The summed E-state index contributed by atoms with van der Waals surface area (Å²) < 4.78 is 45.7. The minimum Gasteiger partial charge on any atom is -0.454 e. The highest BCUT2D eigenvalue weighted by atomic mass is 32.2. The first kappa shape index (κ1) is 37.0. The lowest BCUT2D eigenvalue weighted by atomic mass is 9.79. The Balaban J connectivity index is 1.50. The molecule has 0 aliphatic rings. The summed E-state index contributed by atoms with van der Waals surface area (Å²) in [4.78, 5) is 22.7. The van der Waals surface area contributed by atoms with Gasteiger partial charge in [0.1, 0.15) is 5.82 Å². The molecule has 0 aliphatic carbocycles. The number of nitrogens with zero attached hydrogens (tertiary/aromatic N) is 3. The molecule has 0 radical (unpaired) electrons. The molecule has 1 heterocycles. The summed E-state index contributed by atoms with van der Waals surface area (Å²) in [6, 6.07) is 32.4. The minimum atomic E-state index is -3.71. The van der Waals surface area contributed by atoms with Gasteiger partial charge in [0.05, 0.1) is 30.2 Å². The number of hydrogen-bond acceptors (Lipinski definition) is 8. The SMILES string of the molecule is CC(C)c1nc(N(C)S(C)(=O)=O)nc(-c2ccc(F)cc2)c1C=CC(O)CC(=O)O[C@@H](c1ccccc1)C(O)(c1ccccc1)c1ccccc1. The average molecular weight is 710 g/mol. The van der Waals surface area contributed by atoms with E-state index in [2.05, 4.69) is 9.97 Å². The van der Waals surface area contributed by atoms with E-state index in [-0.39, 0.29) is 11.9 Å². The van der Waals surface area contributed by atoms with E-state index in [1.165, 1.54) is 37.4 Å². The molecular weight excluding hydrogens is 670 g/mol. The molecule has 0 saturated heterocycles. The van der Waals surface area contributed by atoms with E-state index in [9.17, 15) is 27.8 Å². The van der Waals surface area contributed by atoms with Crippen LogP contribution in [-0.2, 0) is 25.2 Å². The number of hydrogen-bond donors (Lipinski definition) is 2. The van der Waals surface area contributed by atoms with Gasteiger partial charge in [-0.1, -0.05) is 117 Å². The Bertz CT molecular complexity index is 2040. The molecular formula is C40H40FN3O6S. The third kappa shape index (κ3) is 8.57. The van der Waals surface area contributed by atoms with Crippen LogP contribution >= 0.6 is 0 Å². The number of anilines is 1. The standard InChI is InChI=1S/C40H40FN3O6S/c1-27(2)36-34(37(28-20-22-32(41)23-21-28)43-39(42-36)44(3)51(4,48)49)25-24-33(45)26-35(46)50-38(29-14-8-5-9-15-29)40(47,30-16-10-6-11-17-30)31-18-12-7-13-19-31/h5-25,27,33,38,45,47H,26H2,1-4H3/t33?,38-/m0/s1. The maximum Gasteiger partial charge on any atom is 0.309 e. The number of sulfonamides is 1. The van der Waals surface area contributed by atoms with Gasteiger partial charge in [-0.25, -0.2) is 27.1 Å². The fourth-order valence-electron chi connectivity index (χ4n) is 5.70. The van der Waals surface area contributed by atoms with Crippen LogP contribution < -0.4 is 4.31 Å². The van der Waals surface area contributed by atoms with Crippen molar-refractivity contribution in [2.24, 2.45) is 0 Å². The number of carbonyl (C=O) groups is 1. The number of aliphatic hydroxyl groups excluding tert-OH is 1. The molecule has 0 fully saturated rings. The van der Waals surface area contributed by atoms with E-state index in [4.69, 9.17) is 4.74 Å². The monoisotopic (exact) mass is 709 g/mol. The van der Waals surface area contributed by atoms with Crippen LogP contribution in [0.4, 0.5) is 10.3 Å². The second-order valence-electron chi connectivity index (χ2n) is 12.5. The summed E-state index contributed by atoms with van der Waals surface area (Å²) in [5.41, 5.74) is 1.52. The maximum absolute atomic E-state index is 13.9. The molecule has 264 valence electrons. The van der Waals surface area contributed by atoms with Gasteiger partial charge in [-0.3, -0.25) is 4.79 Å². The van der Waals surface area contributed by atoms with Crippen LogP contribution in [0, 0.1) is 5.82 Å². The smallest absolute Gasteiger partial charge is 0.309 e. The van der Waals surface area contributed by atoms with Crippen LogP contribution in [0.5, 0.6) is 0 Å². The van der Waals surface area contributed by atoms with Crippen LogP contribution in [0.2, 0.25) is 0 Å². The lowest BCUT2D eigenvalue weighted by molar-refractivity contribution is -0.165. The molecule has 11 heteroatoms. The van der Waals surface area contributed by atoms with E-state index in [0.717, 1.165) is 10.6 Å². The summed E-state index contributed by atoms with van der Waals surface area (Å²) >= 11 is 0. The second-order valence-corrected chi connectivity index (χ2v) is 14.5. The lowest BCUT2D eigenvalue weighted by Gasteiger charge is -2.37. The first-order chi connectivity index (χ1) is 24.3. The van der Waals surface area contributed by atoms with Crippen LogP contribution in [0.15, 0.2) is 121 Å². The third-order valence-corrected chi connectivity index (χ3v) is 9.58. The van der Waals surface area contributed by atoms with Gasteiger partial charge in [0.2, 0.25) is 16.0 Å². The summed E-state index contributed by atoms with van der Waals surface area (Å²) in [7, 11) is -2.37. The van der Waals surface area contributed by atoms with Gasteiger partial charge in [0, 0.05) is 18.2 Å². The molecule has 0 spiro atoms. The summed E-state index contributed by atoms with van der Waals surface area (Å²) in [6.45, 7) is 3.74. The Kier molecular flexibility index (Phi) is 11.4. The zero-order valence-electron chi connectivity index (χ0n) is 28.7. The molecule has 1 aromatic heterocycles. The number of aliphatic hydroxyl groups is 2. The second kappa shape index (κ2) is 15.8. The number of ether oxygens (including phenoxy) is 1. The average Bonchev–Trinajstić information content (AvgIpc) is 3.13. The van der Waals surface area contributed by atoms with Crippen molar-refractivity contribution in [2.45, 2.75) is 44.0 Å². The Hall–Kier alpha value is -5.23. The van der Waals surface area contributed by atoms with Crippen LogP contribution in [0.25, 0.3) is 17.3 Å². The van der Waals surface area contributed by atoms with Crippen LogP contribution in [0.1, 0.15) is 60.2 Å². The Morgan fingerprint density at radius 2 is 1.41 bits per heavy atom. The molecule has 5 aromatic rings. The predicted octanol–water partition coefficient (Wildman–Crippen LogP) is 6.79. The van der Waals surface area contributed by atoms with Crippen molar-refractivity contribution >= 4 is 28.0 Å². The molecule has 9 nitrogen and oxygen atoms in total. The van der Waals surface area contributed by atoms with E-state index < -0.39 is 46.0 Å². The summed E-state index contributed by atoms with van der Waals surface area (Å²) in [5, 5.41) is 23.7. The Labute approximate surface area is 297 Å². The molecule has 0 aliphatic heterocycles. The molecule has 5 rings (SSSR count). The summed E-state index contributed by atoms with van der Waals surface area (Å²) in [6.07, 6.45) is 1.02. The van der Waals surface area contributed by atoms with Crippen molar-refractivity contribution in [1.82, 2.24) is 9.97 Å². The van der Waals surface area contributed by atoms with Gasteiger partial charge in [0.15, 0.2) is 11.7 Å². The van der Waals surface area contributed by atoms with Crippen molar-refractivity contribution < 1.29 is 32.6 Å². The highest BCUT2D eigenvalue weighted by molar-refractivity contribution is 7.92. The van der Waals surface area contributed by atoms with Crippen molar-refractivity contribution in [3.63, 3.8) is 0 Å². The fourth-order valence-corrected chi connectivity index (χ4v) is 6.08. The molecule has 51 heavy (non-hydrogen) atoms. The van der Waals surface area contributed by atoms with E-state index in [1.54, 1.807) is 78.9 Å². The number of aromatic nitrogens is 2. The van der Waals surface area contributed by atoms with Crippen molar-refractivity contribution in [3.8, 4) is 11.3 Å². The van der Waals surface area contributed by atoms with Crippen LogP contribution in [0.3, 0.4) is 0 Å². The van der Waals surface area contributed by atoms with E-state index in [1.807, 2.05) is 32.0 Å². The zero-order chi connectivity index (χ0) is 36.8. The molecule has 2 N–H and O–H groups in total. The van der Waals surface area contributed by atoms with E-state index >= 15 is 0 Å². The summed E-state index contributed by atoms with van der Waals surface area (Å²) in [5.74, 6) is -1.52. The normalized spacial score (nSPS) is 13.3. The van der Waals surface area contributed by atoms with Crippen molar-refractivity contribution in [3.05, 3.63) is 155 Å². The number of carbonyl (C=O) groups excluding carboxylic acids is 1. The largest absolute Gasteiger partial charge is 0.454 e. The number of benzene rings is 4. The molecule has 2 atom stereocenters. The maximum atomic E-state index is 13.9. The number of esters is 1. The van der Waals surface area contributed by atoms with Gasteiger partial charge < -0.3 is 14.9 Å². The van der Waals surface area contributed by atoms with Gasteiger partial charge in [-0.2, -0.15) is 0 Å². The van der Waals surface area contributed by atoms with Crippen molar-refractivity contribution in [1.29, 1.82) is 0 Å². The molecule has 0 amide bonds. The highest BCUT2D eigenvalue weighted by Gasteiger charge is 2.44. The number of rotatable bonds is 13. The van der Waals surface area contributed by atoms with Gasteiger partial charge in [0.25, 0.3) is 0 Å². The molecule has 0 bridgehead atoms. The van der Waals surface area contributed by atoms with E-state index in [0.29, 0.717) is 39.2 Å². The van der Waals surface area contributed by atoms with Gasteiger partial charge in [-0.15, -0.1) is 0 Å². The van der Waals surface area contributed by atoms with Gasteiger partial charge >= 0.3 is 5.97 Å². The van der Waals surface area contributed by atoms with Crippen molar-refractivity contribution in [2.75, 3.05) is 17.6 Å². The zero-order valence-corrected chi connectivity index (χ0v) is 29.5. The molecule has 0 saturated carbocycles. The number of halogens is 1. The Morgan fingerprint density at radius 1 is 0.882 bits per heavy atom. The fraction of sp³-hybridized carbons (Fsp3) is 0.225. The van der Waals surface area contributed by atoms with Crippen LogP contribution in [-0.4, -0.2) is 54.0 Å². The molecule has 4 aromatic carbocycles. The first-order valence-electron chi connectivity index (χ1n) is 16.3. The lowest BCUT2D eigenvalue weighted by Crippen LogP contribution is -2.38. The molecule has 1 unspecified atom stereocenters. The quantitative estimate of drug-likeness (QED) is 0.128. The highest BCUT2D eigenvalue weighted by Crippen LogP contribution is 2.43. The van der Waals surface area contributed by atoms with Gasteiger partial charge in [-0.05, 0) is 46.9 Å². The predicted molar refractivity (Wildman–Crippen MR) is 196 cm³/mol. The Morgan fingerprint density at radius 3 is 1.92 bits per heavy atom. The minimum absolute atomic E-state index is 0.0712.